The molecule has 0 aliphatic rings. The Bertz CT molecular complexity index is 91.7. The Morgan fingerprint density at radius 2 is 1.67 bits per heavy atom. The number of hydrogen-bond donors (Lipinski definition) is 4. The van der Waals surface area contributed by atoms with Crippen LogP contribution in [0.4, 0.5) is 0 Å². The third-order valence-electron chi connectivity index (χ3n) is 0. The number of nitrogens with one attached hydrogen (secondary N) is 1. The van der Waals surface area contributed by atoms with Crippen LogP contribution < -0.4 is 62.9 Å². The molecule has 4 nitrogen and oxygen atoms in total. The molecule has 9 heavy (non-hydrogen) atoms. The summed E-state index contributed by atoms with van der Waals surface area (Å²) in [6.45, 7) is 0. The van der Waals surface area contributed by atoms with Crippen molar-refractivity contribution >= 4 is 31.0 Å². The minimum atomic E-state index is -0.333. The van der Waals surface area contributed by atoms with E-state index in [1.54, 1.807) is 0 Å². The SMILES string of the molecule is Cl.N#CS.N=C(N)N.[H-].[K+]. The third kappa shape index (κ3) is 417. The summed E-state index contributed by atoms with van der Waals surface area (Å²) in [6.07, 6.45) is 0. The number of guanidine groups is 1. The average molecular weight is 195 g/mol. The topological polar surface area (TPSA) is 99.7 Å². The summed E-state index contributed by atoms with van der Waals surface area (Å²) in [5.41, 5.74) is 8.94. The number of halogens is 1. The first-order valence-electron chi connectivity index (χ1n) is 1.27. The van der Waals surface area contributed by atoms with Gasteiger partial charge in [-0.2, -0.15) is 5.26 Å². The average Bonchev–Trinajstić information content (AvgIpc) is 1.33. The number of nitrogens with two attached hydrogens (primary N) is 2. The summed E-state index contributed by atoms with van der Waals surface area (Å²) in [6, 6.07) is 0. The van der Waals surface area contributed by atoms with Gasteiger partial charge in [-0.3, -0.25) is 5.41 Å². The maximum atomic E-state index is 7.18. The van der Waals surface area contributed by atoms with Crippen molar-refractivity contribution in [3.8, 4) is 5.40 Å². The van der Waals surface area contributed by atoms with Gasteiger partial charge in [-0.1, -0.05) is 12.6 Å². The van der Waals surface area contributed by atoms with Gasteiger partial charge in [0.2, 0.25) is 0 Å². The Morgan fingerprint density at radius 1 is 1.67 bits per heavy atom. The maximum Gasteiger partial charge on any atom is 1.00 e. The van der Waals surface area contributed by atoms with E-state index < -0.39 is 0 Å². The molecule has 0 amide bonds. The fourth-order valence-electron chi connectivity index (χ4n) is 0. The van der Waals surface area contributed by atoms with Gasteiger partial charge in [0.15, 0.2) is 5.96 Å². The molecule has 0 rings (SSSR count). The van der Waals surface area contributed by atoms with Gasteiger partial charge in [0.1, 0.15) is 5.40 Å². The molecule has 0 heterocycles. The standard InChI is InChI=1S/CH5N3.CHNS.ClH.K.H/c2-1(3)4;2-1-3;;;/h(H5,2,3,4);3H;1H;;/q;;;+1;-1. The number of nitrogens with zero attached hydrogens (tertiary/aromatic N) is 1. The normalized spacial score (nSPS) is 3.56. The summed E-state index contributed by atoms with van der Waals surface area (Å²) < 4.78 is 0. The molecule has 0 spiro atoms. The Balaban J connectivity index is -0.0000000131. The fourth-order valence-corrected chi connectivity index (χ4v) is 0. The molecule has 50 valence electrons. The van der Waals surface area contributed by atoms with E-state index in [-0.39, 0.29) is 71.2 Å². The third-order valence-corrected chi connectivity index (χ3v) is 0. The smallest absolute Gasteiger partial charge is 1.00 e. The number of thiol groups is 1. The zero-order valence-electron chi connectivity index (χ0n) is 5.96. The number of thiocyanates is 1. The molecule has 0 radical (unpaired) electrons. The molecule has 0 fully saturated rings. The van der Waals surface area contributed by atoms with Gasteiger partial charge in [-0.25, -0.2) is 0 Å². The first-order chi connectivity index (χ1) is 3.15. The summed E-state index contributed by atoms with van der Waals surface area (Å²) in [7, 11) is 0. The van der Waals surface area contributed by atoms with E-state index in [9.17, 15) is 0 Å². The fraction of sp³-hybridized carbons (Fsp3) is 0. The van der Waals surface area contributed by atoms with Gasteiger partial charge in [-0.15, -0.1) is 12.4 Å². The van der Waals surface area contributed by atoms with Crippen molar-refractivity contribution in [1.29, 1.82) is 10.7 Å². The second-order valence-corrected chi connectivity index (χ2v) is 0.755. The number of nitriles is 1. The monoisotopic (exact) mass is 194 g/mol. The maximum absolute atomic E-state index is 7.18. The van der Waals surface area contributed by atoms with E-state index >= 15 is 0 Å². The van der Waals surface area contributed by atoms with Crippen molar-refractivity contribution in [2.75, 3.05) is 0 Å². The summed E-state index contributed by atoms with van der Waals surface area (Å²) in [5.74, 6) is -0.333. The molecule has 0 aliphatic heterocycles. The quantitative estimate of drug-likeness (QED) is 0.107. The molecule has 7 heteroatoms. The molecule has 0 saturated carbocycles. The minimum Gasteiger partial charge on any atom is -1.00 e. The van der Waals surface area contributed by atoms with Crippen LogP contribution in [0.2, 0.25) is 0 Å². The van der Waals surface area contributed by atoms with Gasteiger partial charge in [-0.05, 0) is 0 Å². The summed E-state index contributed by atoms with van der Waals surface area (Å²) in [4.78, 5) is 0. The molecule has 5 N–H and O–H groups in total. The van der Waals surface area contributed by atoms with Crippen LogP contribution in [-0.4, -0.2) is 5.96 Å². The van der Waals surface area contributed by atoms with Gasteiger partial charge in [0, 0.05) is 0 Å². The van der Waals surface area contributed by atoms with Crippen molar-refractivity contribution in [3.05, 3.63) is 0 Å². The second-order valence-electron chi connectivity index (χ2n) is 0.555. The summed E-state index contributed by atoms with van der Waals surface area (Å²) in [5, 5.41) is 14.7. The van der Waals surface area contributed by atoms with E-state index in [4.69, 9.17) is 10.7 Å². The number of hydrogen-bond acceptors (Lipinski definition) is 3. The zero-order chi connectivity index (χ0) is 6.28. The number of rotatable bonds is 0. The van der Waals surface area contributed by atoms with E-state index in [2.05, 4.69) is 24.1 Å². The van der Waals surface area contributed by atoms with Crippen molar-refractivity contribution < 1.29 is 52.8 Å². The molecule has 0 aliphatic carbocycles. The van der Waals surface area contributed by atoms with Crippen LogP contribution in [0.3, 0.4) is 0 Å². The second kappa shape index (κ2) is 23.0. The molecule has 0 aromatic rings. The van der Waals surface area contributed by atoms with Gasteiger partial charge in [0.25, 0.3) is 0 Å². The predicted molar refractivity (Wildman–Crippen MR) is 39.1 cm³/mol. The van der Waals surface area contributed by atoms with Crippen molar-refractivity contribution in [3.63, 3.8) is 0 Å². The van der Waals surface area contributed by atoms with E-state index in [1.807, 2.05) is 0 Å². The zero-order valence-corrected chi connectivity index (χ0v) is 9.79. The largest absolute Gasteiger partial charge is 1.00 e. The van der Waals surface area contributed by atoms with E-state index in [0.717, 1.165) is 0 Å². The van der Waals surface area contributed by atoms with Crippen molar-refractivity contribution in [2.24, 2.45) is 11.5 Å². The van der Waals surface area contributed by atoms with Crippen LogP contribution in [-0.2, 0) is 0 Å². The minimum absolute atomic E-state index is 0. The molecular weight excluding hydrogens is 187 g/mol. The molecular formula is C2H8ClKN4S. The summed E-state index contributed by atoms with van der Waals surface area (Å²) >= 11 is 3.09. The molecule has 0 aromatic carbocycles. The van der Waals surface area contributed by atoms with Crippen molar-refractivity contribution in [2.45, 2.75) is 0 Å². The Labute approximate surface area is 110 Å². The first kappa shape index (κ1) is 22.5. The predicted octanol–water partition coefficient (Wildman–Crippen LogP) is -3.23. The van der Waals surface area contributed by atoms with Crippen LogP contribution in [0, 0.1) is 16.1 Å². The molecule has 0 aromatic heterocycles. The van der Waals surface area contributed by atoms with Gasteiger partial charge in [0.05, 0.1) is 0 Å². The molecule has 0 atom stereocenters. The Hall–Kier alpha value is 1.04. The van der Waals surface area contributed by atoms with Gasteiger partial charge >= 0.3 is 51.4 Å². The Kier molecular flexibility index (Phi) is 57.5. The molecule has 0 saturated heterocycles. The van der Waals surface area contributed by atoms with E-state index in [0.29, 0.717) is 0 Å². The van der Waals surface area contributed by atoms with Crippen LogP contribution in [0.25, 0.3) is 0 Å². The van der Waals surface area contributed by atoms with Crippen LogP contribution >= 0.6 is 25.0 Å². The van der Waals surface area contributed by atoms with Crippen LogP contribution in [0.1, 0.15) is 1.43 Å². The van der Waals surface area contributed by atoms with Crippen molar-refractivity contribution in [1.82, 2.24) is 0 Å². The Morgan fingerprint density at radius 3 is 1.67 bits per heavy atom. The molecule has 0 bridgehead atoms. The van der Waals surface area contributed by atoms with E-state index in [1.165, 1.54) is 5.40 Å². The van der Waals surface area contributed by atoms with Gasteiger partial charge < -0.3 is 12.9 Å². The van der Waals surface area contributed by atoms with Crippen LogP contribution in [0.15, 0.2) is 0 Å². The molecule has 0 unspecified atom stereocenters. The first-order valence-corrected chi connectivity index (χ1v) is 1.72. The van der Waals surface area contributed by atoms with Crippen LogP contribution in [0.5, 0.6) is 0 Å².